The van der Waals surface area contributed by atoms with E-state index in [4.69, 9.17) is 49.1 Å². The summed E-state index contributed by atoms with van der Waals surface area (Å²) in [6.45, 7) is 1.19. The number of hydrogen-bond acceptors (Lipinski definition) is 2. The van der Waals surface area contributed by atoms with Gasteiger partial charge in [-0.05, 0) is 0 Å². The van der Waals surface area contributed by atoms with E-state index >= 15 is 0 Å². The molecule has 0 atom stereocenters. The van der Waals surface area contributed by atoms with Crippen LogP contribution in [0.25, 0.3) is 0 Å². The number of hydrogen-bond donors (Lipinski definition) is 2. The Bertz CT molecular complexity index is 47.0. The van der Waals surface area contributed by atoms with Gasteiger partial charge in [-0.25, -0.2) is 0 Å². The van der Waals surface area contributed by atoms with Gasteiger partial charge in [-0.2, -0.15) is 0 Å². The summed E-state index contributed by atoms with van der Waals surface area (Å²) in [5.74, 6) is 0. The Balaban J connectivity index is 0. The van der Waals surface area contributed by atoms with Crippen LogP contribution in [-0.4, -0.2) is 13.1 Å². The van der Waals surface area contributed by atoms with Crippen LogP contribution in [-0.2, 0) is 11.9 Å². The molecule has 0 aliphatic rings. The molecule has 4 N–H and O–H groups in total. The second kappa shape index (κ2) is 7.87. The van der Waals surface area contributed by atoms with Crippen LogP contribution in [0.4, 0.5) is 0 Å². The third-order valence-corrected chi connectivity index (χ3v) is 0.167. The van der Waals surface area contributed by atoms with Gasteiger partial charge in [0.05, 0.1) is 0 Å². The minimum absolute atomic E-state index is 0.597. The number of nitrogens with two attached hydrogens (primary N) is 2. The third kappa shape index (κ3) is 76.9. The Kier molecular flexibility index (Phi) is 11.7. The molecule has 0 saturated carbocycles. The molecular weight excluding hydrogens is 378 g/mol. The van der Waals surface area contributed by atoms with Crippen molar-refractivity contribution in [2.24, 2.45) is 11.5 Å². The van der Waals surface area contributed by atoms with Gasteiger partial charge in [0, 0.05) is 13.1 Å². The van der Waals surface area contributed by atoms with Crippen LogP contribution in [0.3, 0.4) is 0 Å². The molecule has 60 valence electrons. The van der Waals surface area contributed by atoms with Crippen molar-refractivity contribution >= 4 is 37.7 Å². The standard InChI is InChI=1S/C2H8N2.4ClH.W/c3-1-2-4;;;;;/h1-4H2;4*1H;/q;;;;;+4/p-4. The van der Waals surface area contributed by atoms with Gasteiger partial charge in [-0.1, -0.05) is 0 Å². The normalized spacial score (nSPS) is 11.8. The molecule has 7 heteroatoms. The Labute approximate surface area is 73.7 Å². The Morgan fingerprint density at radius 1 is 0.889 bits per heavy atom. The fraction of sp³-hybridized carbons (Fsp3) is 1.00. The van der Waals surface area contributed by atoms with Crippen LogP contribution in [0.1, 0.15) is 0 Å². The zero-order valence-corrected chi connectivity index (χ0v) is 10.4. The monoisotopic (exact) mass is 384 g/mol. The predicted octanol–water partition coefficient (Wildman–Crippen LogP) is 1.66. The van der Waals surface area contributed by atoms with E-state index in [0.29, 0.717) is 13.1 Å². The van der Waals surface area contributed by atoms with Crippen molar-refractivity contribution in [3.8, 4) is 0 Å². The van der Waals surface area contributed by atoms with Crippen LogP contribution in [0.2, 0.25) is 0 Å². The topological polar surface area (TPSA) is 52.0 Å². The first-order valence-electron chi connectivity index (χ1n) is 1.93. The fourth-order valence-electron chi connectivity index (χ4n) is 0. The Hall–Kier alpha value is 1.77. The molecular formula is C2H8Cl4N2W. The molecule has 0 amide bonds. The Morgan fingerprint density at radius 3 is 1.00 bits per heavy atom. The zero-order valence-electron chi connectivity index (χ0n) is 4.49. The van der Waals surface area contributed by atoms with E-state index in [9.17, 15) is 0 Å². The van der Waals surface area contributed by atoms with E-state index in [1.807, 2.05) is 0 Å². The van der Waals surface area contributed by atoms with E-state index in [-0.39, 0.29) is 0 Å². The van der Waals surface area contributed by atoms with Gasteiger partial charge in [-0.15, -0.1) is 0 Å². The molecule has 0 aromatic heterocycles. The maximum absolute atomic E-state index is 5.03. The quantitative estimate of drug-likeness (QED) is 0.721. The molecule has 0 saturated heterocycles. The summed E-state index contributed by atoms with van der Waals surface area (Å²) in [4.78, 5) is 0. The molecule has 0 aliphatic heterocycles. The van der Waals surface area contributed by atoms with Gasteiger partial charge in [0.2, 0.25) is 0 Å². The predicted molar refractivity (Wildman–Crippen MR) is 41.5 cm³/mol. The van der Waals surface area contributed by atoms with Crippen molar-refractivity contribution in [3.05, 3.63) is 0 Å². The Morgan fingerprint density at radius 2 is 1.00 bits per heavy atom. The van der Waals surface area contributed by atoms with E-state index in [1.54, 1.807) is 0 Å². The summed E-state index contributed by atoms with van der Waals surface area (Å²) in [6, 6.07) is 0. The van der Waals surface area contributed by atoms with Crippen molar-refractivity contribution in [1.82, 2.24) is 0 Å². The summed E-state index contributed by atoms with van der Waals surface area (Å²) in [6.07, 6.45) is 0. The van der Waals surface area contributed by atoms with Crippen LogP contribution in [0.5, 0.6) is 0 Å². The van der Waals surface area contributed by atoms with E-state index in [1.165, 1.54) is 0 Å². The number of halogens is 4. The van der Waals surface area contributed by atoms with Crippen LogP contribution >= 0.6 is 37.7 Å². The SMILES string of the molecule is NCCN.[Cl][W]([Cl])([Cl])[Cl]. The minimum atomic E-state index is -3.28. The molecule has 0 bridgehead atoms. The first-order valence-corrected chi connectivity index (χ1v) is 16.5. The summed E-state index contributed by atoms with van der Waals surface area (Å²) in [5.41, 5.74) is 9.81. The van der Waals surface area contributed by atoms with Gasteiger partial charge in [0.25, 0.3) is 0 Å². The van der Waals surface area contributed by atoms with E-state index in [0.717, 1.165) is 0 Å². The molecule has 0 aromatic carbocycles. The van der Waals surface area contributed by atoms with Crippen molar-refractivity contribution < 1.29 is 11.9 Å². The average Bonchev–Trinajstić information content (AvgIpc) is 1.61. The van der Waals surface area contributed by atoms with Crippen LogP contribution in [0, 0.1) is 0 Å². The molecule has 2 nitrogen and oxygen atoms in total. The van der Waals surface area contributed by atoms with Crippen molar-refractivity contribution in [1.29, 1.82) is 0 Å². The summed E-state index contributed by atoms with van der Waals surface area (Å²) >= 11 is -3.28. The number of rotatable bonds is 1. The van der Waals surface area contributed by atoms with Crippen molar-refractivity contribution in [3.63, 3.8) is 0 Å². The van der Waals surface area contributed by atoms with Gasteiger partial charge >= 0.3 is 49.6 Å². The van der Waals surface area contributed by atoms with Crippen molar-refractivity contribution in [2.75, 3.05) is 13.1 Å². The molecule has 0 aromatic rings. The van der Waals surface area contributed by atoms with Gasteiger partial charge in [-0.3, -0.25) is 0 Å². The van der Waals surface area contributed by atoms with Gasteiger partial charge < -0.3 is 11.5 Å². The molecule has 0 aliphatic carbocycles. The molecule has 0 radical (unpaired) electrons. The van der Waals surface area contributed by atoms with Crippen LogP contribution in [0.15, 0.2) is 0 Å². The first kappa shape index (κ1) is 13.4. The summed E-state index contributed by atoms with van der Waals surface area (Å²) in [7, 11) is 20.1. The zero-order chi connectivity index (χ0) is 7.91. The molecule has 0 spiro atoms. The maximum atomic E-state index is 5.03. The molecule has 0 rings (SSSR count). The summed E-state index contributed by atoms with van der Waals surface area (Å²) < 4.78 is 0. The molecule has 0 unspecified atom stereocenters. The first-order chi connectivity index (χ1) is 3.91. The summed E-state index contributed by atoms with van der Waals surface area (Å²) in [5, 5.41) is 0. The van der Waals surface area contributed by atoms with Crippen LogP contribution < -0.4 is 11.5 Å². The van der Waals surface area contributed by atoms with E-state index < -0.39 is 11.9 Å². The van der Waals surface area contributed by atoms with Gasteiger partial charge in [0.15, 0.2) is 0 Å². The second-order valence-electron chi connectivity index (χ2n) is 0.927. The fourth-order valence-corrected chi connectivity index (χ4v) is 0. The second-order valence-corrected chi connectivity index (χ2v) is 26.4. The third-order valence-electron chi connectivity index (χ3n) is 0.167. The molecule has 0 fully saturated rings. The van der Waals surface area contributed by atoms with Crippen molar-refractivity contribution in [2.45, 2.75) is 0 Å². The average molecular weight is 386 g/mol. The van der Waals surface area contributed by atoms with E-state index in [2.05, 4.69) is 0 Å². The molecule has 0 heterocycles. The molecule has 9 heavy (non-hydrogen) atoms. The van der Waals surface area contributed by atoms with Gasteiger partial charge in [0.1, 0.15) is 0 Å².